The minimum Gasteiger partial charge on any atom is -0.402 e. The van der Waals surface area contributed by atoms with Crippen molar-refractivity contribution in [1.82, 2.24) is 19.9 Å². The Balaban J connectivity index is 1.50. The summed E-state index contributed by atoms with van der Waals surface area (Å²) >= 11 is 0. The lowest BCUT2D eigenvalue weighted by atomic mass is 10.2. The number of fused-ring (bicyclic) bond motifs is 1. The Bertz CT molecular complexity index is 851. The van der Waals surface area contributed by atoms with Crippen LogP contribution in [0.5, 0.6) is 5.75 Å². The fourth-order valence-electron chi connectivity index (χ4n) is 4.03. The quantitative estimate of drug-likeness (QED) is 0.871. The van der Waals surface area contributed by atoms with Crippen LogP contribution in [0.3, 0.4) is 0 Å². The average Bonchev–Trinajstić information content (AvgIpc) is 3.44. The Kier molecular flexibility index (Phi) is 3.28. The number of nitrogens with one attached hydrogen (secondary N) is 1. The fraction of sp³-hybridized carbons (Fsp3) is 0.529. The molecule has 1 aliphatic heterocycles. The highest BCUT2D eigenvalue weighted by Gasteiger charge is 2.55. The van der Waals surface area contributed by atoms with Crippen molar-refractivity contribution in [3.05, 3.63) is 24.3 Å². The van der Waals surface area contributed by atoms with Gasteiger partial charge in [0.05, 0.1) is 5.69 Å². The van der Waals surface area contributed by atoms with Crippen LogP contribution in [0.25, 0.3) is 11.3 Å². The van der Waals surface area contributed by atoms with Crippen LogP contribution in [0.2, 0.25) is 0 Å². The van der Waals surface area contributed by atoms with Gasteiger partial charge in [0.1, 0.15) is 5.82 Å². The molecule has 0 amide bonds. The molecule has 1 saturated heterocycles. The van der Waals surface area contributed by atoms with Crippen molar-refractivity contribution < 1.29 is 17.9 Å². The van der Waals surface area contributed by atoms with Gasteiger partial charge < -0.3 is 20.4 Å². The van der Waals surface area contributed by atoms with Crippen molar-refractivity contribution in [2.24, 2.45) is 11.8 Å². The van der Waals surface area contributed by atoms with Gasteiger partial charge in [0, 0.05) is 43.0 Å². The molecule has 3 fully saturated rings. The fourth-order valence-corrected chi connectivity index (χ4v) is 4.03. The van der Waals surface area contributed by atoms with Gasteiger partial charge in [-0.05, 0) is 30.7 Å². The summed E-state index contributed by atoms with van der Waals surface area (Å²) in [5.74, 6) is 1.95. The van der Waals surface area contributed by atoms with E-state index in [4.69, 9.17) is 10.7 Å². The molecule has 5 rings (SSSR count). The molecule has 2 aliphatic carbocycles. The predicted octanol–water partition coefficient (Wildman–Crippen LogP) is 2.69. The van der Waals surface area contributed by atoms with E-state index in [0.29, 0.717) is 35.1 Å². The first kappa shape index (κ1) is 15.9. The van der Waals surface area contributed by atoms with Gasteiger partial charge in [-0.2, -0.15) is 0 Å². The van der Waals surface area contributed by atoms with Crippen LogP contribution in [-0.4, -0.2) is 34.0 Å². The first-order chi connectivity index (χ1) is 12.4. The zero-order valence-electron chi connectivity index (χ0n) is 13.8. The average molecular weight is 365 g/mol. The number of piperidine rings is 1. The van der Waals surface area contributed by atoms with Crippen molar-refractivity contribution in [1.29, 1.82) is 0 Å². The minimum absolute atomic E-state index is 0.296. The topological polar surface area (TPSA) is 78.0 Å². The molecular formula is C17H18F3N5O. The van der Waals surface area contributed by atoms with Crippen LogP contribution in [0, 0.1) is 11.8 Å². The molecule has 3 heterocycles. The van der Waals surface area contributed by atoms with Crippen LogP contribution < -0.4 is 15.8 Å². The van der Waals surface area contributed by atoms with Gasteiger partial charge in [0.15, 0.2) is 11.6 Å². The van der Waals surface area contributed by atoms with Crippen molar-refractivity contribution in [2.45, 2.75) is 31.2 Å². The number of anilines is 1. The van der Waals surface area contributed by atoms with Crippen LogP contribution >= 0.6 is 0 Å². The molecule has 2 aromatic rings. The molecule has 3 atom stereocenters. The van der Waals surface area contributed by atoms with E-state index >= 15 is 0 Å². The second-order valence-corrected chi connectivity index (χ2v) is 7.30. The van der Waals surface area contributed by atoms with Gasteiger partial charge in [0.2, 0.25) is 0 Å². The molecule has 6 nitrogen and oxygen atoms in total. The molecule has 3 aliphatic rings. The van der Waals surface area contributed by atoms with E-state index in [0.717, 1.165) is 31.8 Å². The largest absolute Gasteiger partial charge is 0.573 e. The van der Waals surface area contributed by atoms with Crippen molar-refractivity contribution in [3.8, 4) is 17.0 Å². The summed E-state index contributed by atoms with van der Waals surface area (Å²) in [4.78, 5) is 8.57. The summed E-state index contributed by atoms with van der Waals surface area (Å²) < 4.78 is 43.9. The number of hydrogen-bond acceptors (Lipinski definition) is 5. The number of halogens is 3. The summed E-state index contributed by atoms with van der Waals surface area (Å²) in [7, 11) is 0. The van der Waals surface area contributed by atoms with Crippen molar-refractivity contribution in [3.63, 3.8) is 0 Å². The van der Waals surface area contributed by atoms with Gasteiger partial charge in [-0.15, -0.1) is 13.2 Å². The number of hydrogen-bond donors (Lipinski definition) is 2. The third-order valence-electron chi connectivity index (χ3n) is 5.47. The third-order valence-corrected chi connectivity index (χ3v) is 5.47. The Labute approximate surface area is 147 Å². The van der Waals surface area contributed by atoms with E-state index in [9.17, 15) is 13.2 Å². The normalized spacial score (nSPS) is 27.4. The molecule has 9 heteroatoms. The molecule has 0 radical (unpaired) electrons. The summed E-state index contributed by atoms with van der Waals surface area (Å²) in [5, 5.41) is 3.38. The first-order valence-corrected chi connectivity index (χ1v) is 8.72. The lowest BCUT2D eigenvalue weighted by Gasteiger charge is -2.11. The van der Waals surface area contributed by atoms with Crippen LogP contribution in [-0.2, 0) is 0 Å². The summed E-state index contributed by atoms with van der Waals surface area (Å²) in [6.07, 6.45) is 0.794. The van der Waals surface area contributed by atoms with Gasteiger partial charge >= 0.3 is 6.36 Å². The zero-order chi connectivity index (χ0) is 18.1. The monoisotopic (exact) mass is 365 g/mol. The number of aromatic nitrogens is 3. The van der Waals surface area contributed by atoms with Crippen LogP contribution in [0.1, 0.15) is 30.6 Å². The number of imidazole rings is 1. The molecular weight excluding hydrogens is 347 g/mol. The first-order valence-electron chi connectivity index (χ1n) is 8.72. The number of rotatable bonds is 4. The lowest BCUT2D eigenvalue weighted by Crippen LogP contribution is -2.18. The highest BCUT2D eigenvalue weighted by molar-refractivity contribution is 5.64. The standard InChI is InChI=1S/C17H18F3N5O/c18-17(19,20)26-13-3-9(4-23-15(13)21)12-7-25(16(24-12)8-1-2-8)14-10-5-22-6-11(10)14/h3-4,7-8,10-11,14,22H,1-2,5-6H2,(H2,21,23)/t10-,11+,14?. The summed E-state index contributed by atoms with van der Waals surface area (Å²) in [5.41, 5.74) is 6.61. The van der Waals surface area contributed by atoms with E-state index in [2.05, 4.69) is 19.6 Å². The maximum atomic E-state index is 12.6. The molecule has 1 unspecified atom stereocenters. The number of ether oxygens (including phenoxy) is 1. The van der Waals surface area contributed by atoms with E-state index in [1.165, 1.54) is 12.3 Å². The minimum atomic E-state index is -4.81. The van der Waals surface area contributed by atoms with E-state index in [1.54, 1.807) is 0 Å². The summed E-state index contributed by atoms with van der Waals surface area (Å²) in [6.45, 7) is 2.03. The Morgan fingerprint density at radius 1 is 1.23 bits per heavy atom. The van der Waals surface area contributed by atoms with Gasteiger partial charge in [-0.25, -0.2) is 9.97 Å². The van der Waals surface area contributed by atoms with E-state index < -0.39 is 12.1 Å². The maximum absolute atomic E-state index is 12.6. The second-order valence-electron chi connectivity index (χ2n) is 7.30. The van der Waals surface area contributed by atoms with Gasteiger partial charge in [0.25, 0.3) is 0 Å². The predicted molar refractivity (Wildman–Crippen MR) is 87.4 cm³/mol. The van der Waals surface area contributed by atoms with Crippen molar-refractivity contribution in [2.75, 3.05) is 18.8 Å². The van der Waals surface area contributed by atoms with Gasteiger partial charge in [-0.1, -0.05) is 0 Å². The molecule has 0 aromatic carbocycles. The zero-order valence-corrected chi connectivity index (χ0v) is 13.8. The van der Waals surface area contributed by atoms with E-state index in [-0.39, 0.29) is 5.82 Å². The molecule has 0 bridgehead atoms. The van der Waals surface area contributed by atoms with Crippen molar-refractivity contribution >= 4 is 5.82 Å². The molecule has 138 valence electrons. The maximum Gasteiger partial charge on any atom is 0.573 e. The number of nitrogens with zero attached hydrogens (tertiary/aromatic N) is 3. The van der Waals surface area contributed by atoms with E-state index in [1.807, 2.05) is 6.20 Å². The molecule has 2 aromatic heterocycles. The van der Waals surface area contributed by atoms with Gasteiger partial charge in [-0.3, -0.25) is 0 Å². The third kappa shape index (κ3) is 2.70. The Hall–Kier alpha value is -2.29. The Morgan fingerprint density at radius 3 is 2.62 bits per heavy atom. The lowest BCUT2D eigenvalue weighted by molar-refractivity contribution is -0.274. The second kappa shape index (κ2) is 5.35. The smallest absolute Gasteiger partial charge is 0.402 e. The molecule has 26 heavy (non-hydrogen) atoms. The molecule has 2 saturated carbocycles. The highest BCUT2D eigenvalue weighted by Crippen LogP contribution is 2.55. The molecule has 0 spiro atoms. The van der Waals surface area contributed by atoms with Crippen LogP contribution in [0.15, 0.2) is 18.5 Å². The molecule has 3 N–H and O–H groups in total. The Morgan fingerprint density at radius 2 is 1.96 bits per heavy atom. The number of nitrogens with two attached hydrogens (primary N) is 1. The SMILES string of the molecule is Nc1ncc(-c2cn(C3[C@H]4CNC[C@@H]34)c(C3CC3)n2)cc1OC(F)(F)F. The highest BCUT2D eigenvalue weighted by atomic mass is 19.4. The summed E-state index contributed by atoms with van der Waals surface area (Å²) in [6, 6.07) is 1.70. The van der Waals surface area contributed by atoms with Crippen LogP contribution in [0.4, 0.5) is 19.0 Å². The number of alkyl halides is 3. The number of nitrogen functional groups attached to an aromatic ring is 1. The number of pyridine rings is 1.